The SMILES string of the molecule is CN(C(=O)C1CN(C(=O)OC(C)(C)C)C1=O)c1ccccc1. The molecular weight excluding hydrogens is 284 g/mol. The van der Waals surface area contributed by atoms with Gasteiger partial charge in [-0.2, -0.15) is 0 Å². The number of carbonyl (C=O) groups excluding carboxylic acids is 3. The molecule has 0 radical (unpaired) electrons. The molecule has 1 aliphatic rings. The number of para-hydroxylation sites is 1. The molecule has 3 amide bonds. The molecule has 1 heterocycles. The van der Waals surface area contributed by atoms with Crippen molar-refractivity contribution >= 4 is 23.6 Å². The van der Waals surface area contributed by atoms with Crippen LogP contribution in [0.2, 0.25) is 0 Å². The van der Waals surface area contributed by atoms with E-state index in [0.717, 1.165) is 4.90 Å². The van der Waals surface area contributed by atoms with Crippen molar-refractivity contribution < 1.29 is 19.1 Å². The van der Waals surface area contributed by atoms with Crippen LogP contribution in [0.15, 0.2) is 30.3 Å². The highest BCUT2D eigenvalue weighted by atomic mass is 16.6. The second-order valence-corrected chi connectivity index (χ2v) is 6.21. The predicted octanol–water partition coefficient (Wildman–Crippen LogP) is 2.04. The number of carbonyl (C=O) groups is 3. The second kappa shape index (κ2) is 5.79. The summed E-state index contributed by atoms with van der Waals surface area (Å²) >= 11 is 0. The third-order valence-electron chi connectivity index (χ3n) is 3.32. The van der Waals surface area contributed by atoms with Crippen LogP contribution in [0.3, 0.4) is 0 Å². The number of ether oxygens (including phenoxy) is 1. The van der Waals surface area contributed by atoms with Gasteiger partial charge < -0.3 is 9.64 Å². The number of rotatable bonds is 2. The summed E-state index contributed by atoms with van der Waals surface area (Å²) in [7, 11) is 1.61. The van der Waals surface area contributed by atoms with Crippen LogP contribution in [0.4, 0.5) is 10.5 Å². The van der Waals surface area contributed by atoms with Crippen molar-refractivity contribution in [3.8, 4) is 0 Å². The quantitative estimate of drug-likeness (QED) is 0.619. The Bertz CT molecular complexity index is 592. The van der Waals surface area contributed by atoms with E-state index in [0.29, 0.717) is 5.69 Å². The molecule has 1 atom stereocenters. The molecule has 1 aromatic carbocycles. The fraction of sp³-hybridized carbons (Fsp3) is 0.438. The second-order valence-electron chi connectivity index (χ2n) is 6.21. The number of nitrogens with zero attached hydrogens (tertiary/aromatic N) is 2. The van der Waals surface area contributed by atoms with Crippen LogP contribution in [0.1, 0.15) is 20.8 Å². The van der Waals surface area contributed by atoms with E-state index >= 15 is 0 Å². The van der Waals surface area contributed by atoms with Gasteiger partial charge in [0, 0.05) is 12.7 Å². The average Bonchev–Trinajstić information content (AvgIpc) is 2.43. The normalized spacial score (nSPS) is 17.7. The summed E-state index contributed by atoms with van der Waals surface area (Å²) in [5.74, 6) is -1.66. The molecule has 118 valence electrons. The fourth-order valence-electron chi connectivity index (χ4n) is 2.10. The highest BCUT2D eigenvalue weighted by Crippen LogP contribution is 2.24. The lowest BCUT2D eigenvalue weighted by atomic mass is 9.97. The molecule has 1 aromatic rings. The van der Waals surface area contributed by atoms with E-state index in [4.69, 9.17) is 4.74 Å². The zero-order valence-electron chi connectivity index (χ0n) is 13.2. The summed E-state index contributed by atoms with van der Waals surface area (Å²) in [5, 5.41) is 0. The molecule has 1 unspecified atom stereocenters. The number of anilines is 1. The standard InChI is InChI=1S/C16H20N2O4/c1-16(2,3)22-15(21)18-10-12(14(18)20)13(19)17(4)11-8-6-5-7-9-11/h5-9,12H,10H2,1-4H3. The highest BCUT2D eigenvalue weighted by molar-refractivity contribution is 6.14. The van der Waals surface area contributed by atoms with Gasteiger partial charge in [0.05, 0.1) is 6.54 Å². The minimum absolute atomic E-state index is 0.0593. The van der Waals surface area contributed by atoms with Gasteiger partial charge in [-0.3, -0.25) is 9.59 Å². The molecular formula is C16H20N2O4. The molecule has 0 spiro atoms. The van der Waals surface area contributed by atoms with Crippen LogP contribution >= 0.6 is 0 Å². The maximum Gasteiger partial charge on any atom is 0.417 e. The van der Waals surface area contributed by atoms with E-state index in [-0.39, 0.29) is 12.5 Å². The number of benzene rings is 1. The lowest BCUT2D eigenvalue weighted by Gasteiger charge is -2.38. The topological polar surface area (TPSA) is 66.9 Å². The number of hydrogen-bond acceptors (Lipinski definition) is 4. The Balaban J connectivity index is 1.98. The summed E-state index contributed by atoms with van der Waals surface area (Å²) in [5.41, 5.74) is 0.0313. The van der Waals surface area contributed by atoms with Crippen molar-refractivity contribution in [3.05, 3.63) is 30.3 Å². The molecule has 0 N–H and O–H groups in total. The van der Waals surface area contributed by atoms with Crippen LogP contribution in [-0.4, -0.2) is 42.0 Å². The van der Waals surface area contributed by atoms with Crippen molar-refractivity contribution in [3.63, 3.8) is 0 Å². The smallest absolute Gasteiger partial charge is 0.417 e. The zero-order chi connectivity index (χ0) is 16.5. The van der Waals surface area contributed by atoms with Gasteiger partial charge in [0.15, 0.2) is 0 Å². The highest BCUT2D eigenvalue weighted by Gasteiger charge is 2.48. The Hall–Kier alpha value is -2.37. The van der Waals surface area contributed by atoms with Crippen LogP contribution in [0.5, 0.6) is 0 Å². The Kier molecular flexibility index (Phi) is 4.21. The summed E-state index contributed by atoms with van der Waals surface area (Å²) in [6.07, 6.45) is -0.705. The molecule has 1 fully saturated rings. The fourth-order valence-corrected chi connectivity index (χ4v) is 2.10. The van der Waals surface area contributed by atoms with Crippen molar-refractivity contribution in [1.29, 1.82) is 0 Å². The zero-order valence-corrected chi connectivity index (χ0v) is 13.2. The first kappa shape index (κ1) is 16.0. The lowest BCUT2D eigenvalue weighted by molar-refractivity contribution is -0.151. The van der Waals surface area contributed by atoms with E-state index in [2.05, 4.69) is 0 Å². The summed E-state index contributed by atoms with van der Waals surface area (Å²) in [6.45, 7) is 5.23. The van der Waals surface area contributed by atoms with E-state index in [1.54, 1.807) is 40.0 Å². The largest absolute Gasteiger partial charge is 0.443 e. The Morgan fingerprint density at radius 1 is 1.23 bits per heavy atom. The van der Waals surface area contributed by atoms with Gasteiger partial charge in [-0.05, 0) is 32.9 Å². The number of hydrogen-bond donors (Lipinski definition) is 0. The van der Waals surface area contributed by atoms with Gasteiger partial charge in [0.1, 0.15) is 11.5 Å². The third kappa shape index (κ3) is 3.27. The number of imide groups is 1. The van der Waals surface area contributed by atoms with Gasteiger partial charge in [-0.15, -0.1) is 0 Å². The van der Waals surface area contributed by atoms with Crippen LogP contribution in [0.25, 0.3) is 0 Å². The van der Waals surface area contributed by atoms with Gasteiger partial charge in [-0.25, -0.2) is 9.69 Å². The summed E-state index contributed by atoms with van der Waals surface area (Å²) < 4.78 is 5.13. The molecule has 1 saturated heterocycles. The maximum absolute atomic E-state index is 12.3. The van der Waals surface area contributed by atoms with Crippen LogP contribution < -0.4 is 4.90 Å². The summed E-state index contributed by atoms with van der Waals surface area (Å²) in [6, 6.07) is 9.04. The van der Waals surface area contributed by atoms with E-state index < -0.39 is 23.5 Å². The lowest BCUT2D eigenvalue weighted by Crippen LogP contribution is -2.61. The van der Waals surface area contributed by atoms with Crippen molar-refractivity contribution in [2.75, 3.05) is 18.5 Å². The van der Waals surface area contributed by atoms with Crippen molar-refractivity contribution in [2.45, 2.75) is 26.4 Å². The van der Waals surface area contributed by atoms with Gasteiger partial charge in [0.25, 0.3) is 0 Å². The minimum atomic E-state index is -0.822. The molecule has 22 heavy (non-hydrogen) atoms. The molecule has 2 rings (SSSR count). The van der Waals surface area contributed by atoms with Crippen LogP contribution in [-0.2, 0) is 14.3 Å². The molecule has 0 aromatic heterocycles. The first-order chi connectivity index (χ1) is 10.2. The van der Waals surface area contributed by atoms with Gasteiger partial charge >= 0.3 is 6.09 Å². The Morgan fingerprint density at radius 3 is 2.32 bits per heavy atom. The van der Waals surface area contributed by atoms with Crippen molar-refractivity contribution in [1.82, 2.24) is 4.90 Å². The van der Waals surface area contributed by atoms with E-state index in [9.17, 15) is 14.4 Å². The molecule has 6 heteroatoms. The monoisotopic (exact) mass is 304 g/mol. The van der Waals surface area contributed by atoms with Gasteiger partial charge in [-0.1, -0.05) is 18.2 Å². The maximum atomic E-state index is 12.3. The first-order valence-corrected chi connectivity index (χ1v) is 7.07. The van der Waals surface area contributed by atoms with Gasteiger partial charge in [0.2, 0.25) is 11.8 Å². The molecule has 0 bridgehead atoms. The Labute approximate surface area is 129 Å². The number of β-lactam (4-membered cyclic amide) rings is 1. The molecule has 0 aliphatic carbocycles. The first-order valence-electron chi connectivity index (χ1n) is 7.07. The van der Waals surface area contributed by atoms with Crippen molar-refractivity contribution in [2.24, 2.45) is 5.92 Å². The van der Waals surface area contributed by atoms with Crippen LogP contribution in [0, 0.1) is 5.92 Å². The predicted molar refractivity (Wildman–Crippen MR) is 81.3 cm³/mol. The number of likely N-dealkylation sites (tertiary alicyclic amines) is 1. The third-order valence-corrected chi connectivity index (χ3v) is 3.32. The average molecular weight is 304 g/mol. The molecule has 1 aliphatic heterocycles. The molecule has 6 nitrogen and oxygen atoms in total. The minimum Gasteiger partial charge on any atom is -0.443 e. The summed E-state index contributed by atoms with van der Waals surface area (Å²) in [4.78, 5) is 38.6. The molecule has 0 saturated carbocycles. The van der Waals surface area contributed by atoms with E-state index in [1.807, 2.05) is 18.2 Å². The number of amides is 3. The van der Waals surface area contributed by atoms with E-state index in [1.165, 1.54) is 4.90 Å². The Morgan fingerprint density at radius 2 is 1.82 bits per heavy atom.